The second-order valence-corrected chi connectivity index (χ2v) is 7.96. The van der Waals surface area contributed by atoms with Gasteiger partial charge in [0.05, 0.1) is 13.2 Å². The first-order valence-corrected chi connectivity index (χ1v) is 10.2. The van der Waals surface area contributed by atoms with Crippen molar-refractivity contribution in [3.05, 3.63) is 47.9 Å². The number of nitrogens with one attached hydrogen (secondary N) is 2. The van der Waals surface area contributed by atoms with Crippen LogP contribution < -0.4 is 0 Å². The highest BCUT2D eigenvalue weighted by atomic mass is 16.5. The van der Waals surface area contributed by atoms with Gasteiger partial charge in [-0.05, 0) is 43.8 Å². The molecule has 0 aliphatic carbocycles. The van der Waals surface area contributed by atoms with E-state index in [0.29, 0.717) is 19.1 Å². The van der Waals surface area contributed by atoms with E-state index in [1.807, 2.05) is 19.2 Å². The first-order chi connectivity index (χ1) is 14.6. The molecule has 30 heavy (non-hydrogen) atoms. The van der Waals surface area contributed by atoms with Crippen molar-refractivity contribution in [2.75, 3.05) is 41.0 Å². The van der Waals surface area contributed by atoms with E-state index < -0.39 is 0 Å². The average Bonchev–Trinajstić information content (AvgIpc) is 3.30. The molecule has 2 N–H and O–H groups in total. The van der Waals surface area contributed by atoms with Gasteiger partial charge in [-0.1, -0.05) is 6.07 Å². The summed E-state index contributed by atoms with van der Waals surface area (Å²) < 4.78 is 10.6. The summed E-state index contributed by atoms with van der Waals surface area (Å²) in [7, 11) is 5.61. The number of benzene rings is 1. The lowest BCUT2D eigenvalue weighted by atomic mass is 10.1. The molecule has 1 aromatic carbocycles. The van der Waals surface area contributed by atoms with Gasteiger partial charge in [0.2, 0.25) is 0 Å². The SMILES string of the molecule is COCC(COC)CN(C)Cc1ccc2[nH]c(-c3ccnc4[nH]c(C)nc34)cc2c1. The van der Waals surface area contributed by atoms with Crippen LogP contribution in [0.25, 0.3) is 33.3 Å². The monoisotopic (exact) mass is 407 g/mol. The molecule has 0 amide bonds. The Morgan fingerprint density at radius 2 is 1.87 bits per heavy atom. The molecule has 0 radical (unpaired) electrons. The Morgan fingerprint density at radius 1 is 1.07 bits per heavy atom. The number of methoxy groups -OCH3 is 2. The molecule has 4 rings (SSSR count). The highest BCUT2D eigenvalue weighted by Crippen LogP contribution is 2.29. The van der Waals surface area contributed by atoms with Gasteiger partial charge in [-0.15, -0.1) is 0 Å². The highest BCUT2D eigenvalue weighted by molar-refractivity contribution is 5.94. The minimum absolute atomic E-state index is 0.360. The van der Waals surface area contributed by atoms with Crippen molar-refractivity contribution in [1.29, 1.82) is 0 Å². The fourth-order valence-corrected chi connectivity index (χ4v) is 4.11. The van der Waals surface area contributed by atoms with E-state index in [0.717, 1.165) is 46.9 Å². The molecule has 0 bridgehead atoms. The predicted molar refractivity (Wildman–Crippen MR) is 119 cm³/mol. The summed E-state index contributed by atoms with van der Waals surface area (Å²) >= 11 is 0. The van der Waals surface area contributed by atoms with E-state index in [2.05, 4.69) is 56.1 Å². The number of aromatic amines is 2. The number of H-pyrrole nitrogens is 2. The van der Waals surface area contributed by atoms with Gasteiger partial charge in [0.15, 0.2) is 5.65 Å². The maximum absolute atomic E-state index is 5.32. The lowest BCUT2D eigenvalue weighted by molar-refractivity contribution is 0.0656. The van der Waals surface area contributed by atoms with E-state index in [4.69, 9.17) is 9.47 Å². The summed E-state index contributed by atoms with van der Waals surface area (Å²) in [5.74, 6) is 1.23. The number of pyridine rings is 1. The van der Waals surface area contributed by atoms with E-state index in [-0.39, 0.29) is 0 Å². The number of ether oxygens (including phenoxy) is 2. The molecule has 0 saturated heterocycles. The van der Waals surface area contributed by atoms with E-state index in [1.165, 1.54) is 10.9 Å². The van der Waals surface area contributed by atoms with Crippen LogP contribution in [-0.4, -0.2) is 65.9 Å². The third-order valence-corrected chi connectivity index (χ3v) is 5.31. The van der Waals surface area contributed by atoms with Gasteiger partial charge in [-0.3, -0.25) is 0 Å². The van der Waals surface area contributed by atoms with Gasteiger partial charge in [0.1, 0.15) is 11.3 Å². The van der Waals surface area contributed by atoms with Gasteiger partial charge >= 0.3 is 0 Å². The summed E-state index contributed by atoms with van der Waals surface area (Å²) in [5.41, 5.74) is 6.21. The Bertz CT molecular complexity index is 1130. The predicted octanol–water partition coefficient (Wildman–Crippen LogP) is 3.76. The molecule has 158 valence electrons. The number of rotatable bonds is 9. The van der Waals surface area contributed by atoms with Crippen LogP contribution in [-0.2, 0) is 16.0 Å². The van der Waals surface area contributed by atoms with Gasteiger partial charge in [-0.2, -0.15) is 0 Å². The first kappa shape index (κ1) is 20.5. The molecular weight excluding hydrogens is 378 g/mol. The molecule has 0 saturated carbocycles. The van der Waals surface area contributed by atoms with Crippen molar-refractivity contribution in [3.63, 3.8) is 0 Å². The third kappa shape index (κ3) is 4.38. The van der Waals surface area contributed by atoms with Crippen LogP contribution in [0.2, 0.25) is 0 Å². The van der Waals surface area contributed by atoms with Crippen molar-refractivity contribution >= 4 is 22.1 Å². The fourth-order valence-electron chi connectivity index (χ4n) is 4.11. The smallest absolute Gasteiger partial charge is 0.158 e. The van der Waals surface area contributed by atoms with Crippen molar-refractivity contribution < 1.29 is 9.47 Å². The third-order valence-electron chi connectivity index (χ3n) is 5.31. The van der Waals surface area contributed by atoms with Gasteiger partial charge < -0.3 is 24.3 Å². The Kier molecular flexibility index (Phi) is 6.13. The van der Waals surface area contributed by atoms with Crippen molar-refractivity contribution in [2.24, 2.45) is 5.92 Å². The second-order valence-electron chi connectivity index (χ2n) is 7.96. The number of hydrogen-bond donors (Lipinski definition) is 2. The van der Waals surface area contributed by atoms with E-state index >= 15 is 0 Å². The lowest BCUT2D eigenvalue weighted by Crippen LogP contribution is -2.30. The van der Waals surface area contributed by atoms with Crippen LogP contribution >= 0.6 is 0 Å². The summed E-state index contributed by atoms with van der Waals surface area (Å²) in [4.78, 5) is 18.0. The lowest BCUT2D eigenvalue weighted by Gasteiger charge is -2.23. The van der Waals surface area contributed by atoms with Crippen molar-refractivity contribution in [3.8, 4) is 11.3 Å². The molecule has 0 fully saturated rings. The minimum atomic E-state index is 0.360. The Morgan fingerprint density at radius 3 is 2.63 bits per heavy atom. The first-order valence-electron chi connectivity index (χ1n) is 10.2. The van der Waals surface area contributed by atoms with Crippen LogP contribution in [0.1, 0.15) is 11.4 Å². The number of fused-ring (bicyclic) bond motifs is 2. The number of aromatic nitrogens is 4. The Hall–Kier alpha value is -2.74. The summed E-state index contributed by atoms with van der Waals surface area (Å²) in [6, 6.07) is 10.8. The number of aryl methyl sites for hydroxylation is 1. The van der Waals surface area contributed by atoms with Crippen molar-refractivity contribution in [2.45, 2.75) is 13.5 Å². The van der Waals surface area contributed by atoms with Crippen LogP contribution in [0, 0.1) is 12.8 Å². The number of hydrogen-bond acceptors (Lipinski definition) is 5. The standard InChI is InChI=1S/C23H29N5O2/c1-15-25-22-19(7-8-24-23(22)26-15)21-10-18-9-16(5-6-20(18)27-21)11-28(2)12-17(13-29-3)14-30-4/h5-10,17,27H,11-14H2,1-4H3,(H,24,25,26). The van der Waals surface area contributed by atoms with Crippen LogP contribution in [0.3, 0.4) is 0 Å². The van der Waals surface area contributed by atoms with Gasteiger partial charge in [0, 0.05) is 61.6 Å². The zero-order valence-corrected chi connectivity index (χ0v) is 18.0. The van der Waals surface area contributed by atoms with Gasteiger partial charge in [-0.25, -0.2) is 9.97 Å². The summed E-state index contributed by atoms with van der Waals surface area (Å²) in [6.45, 7) is 5.14. The fraction of sp³-hybridized carbons (Fsp3) is 0.391. The molecule has 0 spiro atoms. The van der Waals surface area contributed by atoms with E-state index in [1.54, 1.807) is 14.2 Å². The van der Waals surface area contributed by atoms with Crippen LogP contribution in [0.15, 0.2) is 36.5 Å². The molecule has 0 aliphatic heterocycles. The molecule has 3 heterocycles. The summed E-state index contributed by atoms with van der Waals surface area (Å²) in [5, 5.41) is 1.19. The number of imidazole rings is 1. The second kappa shape index (κ2) is 8.95. The molecular formula is C23H29N5O2. The normalized spacial score (nSPS) is 12.1. The molecule has 0 aliphatic rings. The van der Waals surface area contributed by atoms with Crippen LogP contribution in [0.4, 0.5) is 0 Å². The molecule has 4 aromatic rings. The minimum Gasteiger partial charge on any atom is -0.384 e. The maximum Gasteiger partial charge on any atom is 0.158 e. The molecule has 0 unspecified atom stereocenters. The number of nitrogens with zero attached hydrogens (tertiary/aromatic N) is 3. The molecule has 0 atom stereocenters. The Balaban J connectivity index is 1.55. The molecule has 7 nitrogen and oxygen atoms in total. The quantitative estimate of drug-likeness (QED) is 0.442. The molecule has 7 heteroatoms. The largest absolute Gasteiger partial charge is 0.384 e. The average molecular weight is 408 g/mol. The topological polar surface area (TPSA) is 79.1 Å². The van der Waals surface area contributed by atoms with E-state index in [9.17, 15) is 0 Å². The summed E-state index contributed by atoms with van der Waals surface area (Å²) in [6.07, 6.45) is 1.82. The molecule has 3 aromatic heterocycles. The van der Waals surface area contributed by atoms with Gasteiger partial charge in [0.25, 0.3) is 0 Å². The maximum atomic E-state index is 5.32. The van der Waals surface area contributed by atoms with Crippen LogP contribution in [0.5, 0.6) is 0 Å². The zero-order valence-electron chi connectivity index (χ0n) is 18.0. The highest BCUT2D eigenvalue weighted by Gasteiger charge is 2.14. The zero-order chi connectivity index (χ0) is 21.1. The van der Waals surface area contributed by atoms with Crippen molar-refractivity contribution in [1.82, 2.24) is 24.8 Å². The Labute approximate surface area is 176 Å².